The highest BCUT2D eigenvalue weighted by Gasteiger charge is 2.23. The number of furan rings is 1. The van der Waals surface area contributed by atoms with Crippen molar-refractivity contribution in [2.75, 3.05) is 6.54 Å². The summed E-state index contributed by atoms with van der Waals surface area (Å²) in [6.07, 6.45) is 5.27. The number of aliphatic hydroxyl groups is 1. The van der Waals surface area contributed by atoms with Gasteiger partial charge < -0.3 is 14.1 Å². The fraction of sp³-hybridized carbons (Fsp3) is 0.462. The van der Waals surface area contributed by atoms with E-state index in [0.717, 1.165) is 11.6 Å². The Morgan fingerprint density at radius 3 is 2.83 bits per heavy atom. The number of aryl methyl sites for hydroxylation is 1. The van der Waals surface area contributed by atoms with Crippen molar-refractivity contribution in [2.24, 2.45) is 7.05 Å². The van der Waals surface area contributed by atoms with Crippen LogP contribution >= 0.6 is 0 Å². The Bertz CT molecular complexity index is 483. The number of hydrogen-bond donors (Lipinski definition) is 2. The Balaban J connectivity index is 2.22. The van der Waals surface area contributed by atoms with Crippen molar-refractivity contribution in [3.63, 3.8) is 0 Å². The molecule has 1 atom stereocenters. The van der Waals surface area contributed by atoms with Crippen LogP contribution in [-0.2, 0) is 7.05 Å². The summed E-state index contributed by atoms with van der Waals surface area (Å²) in [6.45, 7) is 3.97. The average Bonchev–Trinajstić information content (AvgIpc) is 2.90. The van der Waals surface area contributed by atoms with E-state index in [9.17, 15) is 5.11 Å². The van der Waals surface area contributed by atoms with E-state index in [2.05, 4.69) is 10.3 Å². The van der Waals surface area contributed by atoms with Gasteiger partial charge in [0.2, 0.25) is 0 Å². The highest BCUT2D eigenvalue weighted by atomic mass is 16.3. The van der Waals surface area contributed by atoms with Gasteiger partial charge in [-0.3, -0.25) is 5.32 Å². The van der Waals surface area contributed by atoms with Crippen LogP contribution in [0, 0.1) is 0 Å². The molecule has 0 bridgehead atoms. The molecule has 2 aromatic heterocycles. The van der Waals surface area contributed by atoms with Gasteiger partial charge in [0.1, 0.15) is 17.6 Å². The maximum atomic E-state index is 9.81. The third-order valence-corrected chi connectivity index (χ3v) is 2.68. The maximum Gasteiger partial charge on any atom is 0.133 e. The zero-order valence-corrected chi connectivity index (χ0v) is 10.9. The van der Waals surface area contributed by atoms with E-state index in [0.29, 0.717) is 6.54 Å². The molecule has 0 aliphatic carbocycles. The molecule has 2 N–H and O–H groups in total. The van der Waals surface area contributed by atoms with Gasteiger partial charge in [0, 0.05) is 26.0 Å². The smallest absolute Gasteiger partial charge is 0.133 e. The first-order valence-electron chi connectivity index (χ1n) is 5.94. The Labute approximate surface area is 106 Å². The molecule has 5 heteroatoms. The van der Waals surface area contributed by atoms with E-state index < -0.39 is 5.60 Å². The number of imidazole rings is 1. The van der Waals surface area contributed by atoms with Crippen molar-refractivity contribution < 1.29 is 9.52 Å². The van der Waals surface area contributed by atoms with Crippen LogP contribution in [0.15, 0.2) is 35.2 Å². The first-order valence-corrected chi connectivity index (χ1v) is 5.94. The zero-order chi connectivity index (χ0) is 13.2. The summed E-state index contributed by atoms with van der Waals surface area (Å²) in [7, 11) is 1.93. The Morgan fingerprint density at radius 2 is 2.33 bits per heavy atom. The topological polar surface area (TPSA) is 63.2 Å². The van der Waals surface area contributed by atoms with Gasteiger partial charge in [-0.15, -0.1) is 0 Å². The molecule has 98 valence electrons. The van der Waals surface area contributed by atoms with E-state index >= 15 is 0 Å². The van der Waals surface area contributed by atoms with Crippen LogP contribution in [0.3, 0.4) is 0 Å². The fourth-order valence-corrected chi connectivity index (χ4v) is 1.78. The number of nitrogens with one attached hydrogen (secondary N) is 1. The normalized spacial score (nSPS) is 13.8. The third kappa shape index (κ3) is 3.00. The number of nitrogens with zero attached hydrogens (tertiary/aromatic N) is 2. The Hall–Kier alpha value is -1.59. The lowest BCUT2D eigenvalue weighted by Gasteiger charge is -2.22. The summed E-state index contributed by atoms with van der Waals surface area (Å²) in [5.41, 5.74) is -0.782. The van der Waals surface area contributed by atoms with E-state index in [1.807, 2.05) is 29.9 Å². The van der Waals surface area contributed by atoms with Gasteiger partial charge >= 0.3 is 0 Å². The van der Waals surface area contributed by atoms with Gasteiger partial charge in [0.25, 0.3) is 0 Å². The van der Waals surface area contributed by atoms with Gasteiger partial charge in [-0.1, -0.05) is 0 Å². The second-order valence-electron chi connectivity index (χ2n) is 5.04. The van der Waals surface area contributed by atoms with Crippen LogP contribution in [0.5, 0.6) is 0 Å². The summed E-state index contributed by atoms with van der Waals surface area (Å²) in [4.78, 5) is 4.33. The van der Waals surface area contributed by atoms with E-state index in [1.54, 1.807) is 26.3 Å². The van der Waals surface area contributed by atoms with Crippen LogP contribution in [0.1, 0.15) is 31.5 Å². The lowest BCUT2D eigenvalue weighted by atomic mass is 10.1. The SMILES string of the molecule is Cn1ccnc1C(NCC(C)(C)O)c1ccco1. The molecule has 0 aliphatic heterocycles. The van der Waals surface area contributed by atoms with E-state index in [1.165, 1.54) is 0 Å². The Morgan fingerprint density at radius 1 is 1.56 bits per heavy atom. The van der Waals surface area contributed by atoms with Crippen LogP contribution in [0.2, 0.25) is 0 Å². The number of aromatic nitrogens is 2. The van der Waals surface area contributed by atoms with Gasteiger partial charge in [0.05, 0.1) is 11.9 Å². The van der Waals surface area contributed by atoms with Gasteiger partial charge in [-0.2, -0.15) is 0 Å². The lowest BCUT2D eigenvalue weighted by Crippen LogP contribution is -2.37. The third-order valence-electron chi connectivity index (χ3n) is 2.68. The van der Waals surface area contributed by atoms with Crippen LogP contribution in [-0.4, -0.2) is 26.8 Å². The van der Waals surface area contributed by atoms with Crippen LogP contribution in [0.4, 0.5) is 0 Å². The van der Waals surface area contributed by atoms with E-state index in [-0.39, 0.29) is 6.04 Å². The average molecular weight is 249 g/mol. The molecule has 0 saturated heterocycles. The van der Waals surface area contributed by atoms with Crippen molar-refractivity contribution in [1.82, 2.24) is 14.9 Å². The fourth-order valence-electron chi connectivity index (χ4n) is 1.78. The first kappa shape index (κ1) is 12.9. The molecule has 5 nitrogen and oxygen atoms in total. The molecule has 0 radical (unpaired) electrons. The predicted octanol–water partition coefficient (Wildman–Crippen LogP) is 1.46. The summed E-state index contributed by atoms with van der Waals surface area (Å²) in [6, 6.07) is 3.58. The minimum atomic E-state index is -0.782. The van der Waals surface area contributed by atoms with Gasteiger partial charge in [-0.25, -0.2) is 4.98 Å². The lowest BCUT2D eigenvalue weighted by molar-refractivity contribution is 0.0766. The molecule has 0 saturated carbocycles. The molecule has 18 heavy (non-hydrogen) atoms. The molecular formula is C13H19N3O2. The highest BCUT2D eigenvalue weighted by molar-refractivity contribution is 5.15. The van der Waals surface area contributed by atoms with Crippen molar-refractivity contribution >= 4 is 0 Å². The predicted molar refractivity (Wildman–Crippen MR) is 68.1 cm³/mol. The molecule has 0 fully saturated rings. The monoisotopic (exact) mass is 249 g/mol. The van der Waals surface area contributed by atoms with Crippen molar-refractivity contribution in [3.05, 3.63) is 42.4 Å². The molecule has 0 spiro atoms. The van der Waals surface area contributed by atoms with Crippen LogP contribution in [0.25, 0.3) is 0 Å². The summed E-state index contributed by atoms with van der Waals surface area (Å²) >= 11 is 0. The summed E-state index contributed by atoms with van der Waals surface area (Å²) in [5.74, 6) is 1.64. The maximum absolute atomic E-state index is 9.81. The minimum Gasteiger partial charge on any atom is -0.467 e. The zero-order valence-electron chi connectivity index (χ0n) is 10.9. The minimum absolute atomic E-state index is 0.161. The molecule has 0 aromatic carbocycles. The standard InChI is InChI=1S/C13H19N3O2/c1-13(2,17)9-15-11(10-5-4-8-18-10)12-14-6-7-16(12)3/h4-8,11,15,17H,9H2,1-3H3. The van der Waals surface area contributed by atoms with Crippen molar-refractivity contribution in [2.45, 2.75) is 25.5 Å². The van der Waals surface area contributed by atoms with Crippen molar-refractivity contribution in [1.29, 1.82) is 0 Å². The molecule has 0 aliphatic rings. The largest absolute Gasteiger partial charge is 0.467 e. The summed E-state index contributed by atoms with van der Waals surface area (Å²) in [5, 5.41) is 13.1. The Kier molecular flexibility index (Phi) is 3.54. The molecule has 2 heterocycles. The first-order chi connectivity index (χ1) is 8.47. The second kappa shape index (κ2) is 4.96. The van der Waals surface area contributed by atoms with Crippen molar-refractivity contribution in [3.8, 4) is 0 Å². The molecule has 0 amide bonds. The van der Waals surface area contributed by atoms with Gasteiger partial charge in [-0.05, 0) is 26.0 Å². The molecule has 1 unspecified atom stereocenters. The molecule has 2 rings (SSSR count). The molecule has 2 aromatic rings. The summed E-state index contributed by atoms with van der Waals surface area (Å²) < 4.78 is 7.38. The van der Waals surface area contributed by atoms with E-state index in [4.69, 9.17) is 4.42 Å². The quantitative estimate of drug-likeness (QED) is 0.842. The number of hydrogen-bond acceptors (Lipinski definition) is 4. The highest BCUT2D eigenvalue weighted by Crippen LogP contribution is 2.21. The second-order valence-corrected chi connectivity index (χ2v) is 5.04. The van der Waals surface area contributed by atoms with Gasteiger partial charge in [0.15, 0.2) is 0 Å². The molecular weight excluding hydrogens is 230 g/mol. The number of rotatable bonds is 5. The van der Waals surface area contributed by atoms with Crippen LogP contribution < -0.4 is 5.32 Å².